The van der Waals surface area contributed by atoms with Crippen molar-refractivity contribution < 1.29 is 9.84 Å². The maximum Gasteiger partial charge on any atom is 0.139 e. The Morgan fingerprint density at radius 2 is 2.05 bits per heavy atom. The number of fused-ring (bicyclic) bond motifs is 1. The summed E-state index contributed by atoms with van der Waals surface area (Å²) < 4.78 is 7.35. The number of rotatable bonds is 3. The monoisotopic (exact) mass is 297 g/mol. The summed E-state index contributed by atoms with van der Waals surface area (Å²) in [5, 5.41) is 9.26. The fourth-order valence-electron chi connectivity index (χ4n) is 2.80. The van der Waals surface area contributed by atoms with E-state index in [4.69, 9.17) is 10.5 Å². The molecule has 114 valence electrons. The molecule has 0 atom stereocenters. The maximum atomic E-state index is 9.26. The predicted molar refractivity (Wildman–Crippen MR) is 87.0 cm³/mol. The number of aliphatic hydroxyl groups is 1. The van der Waals surface area contributed by atoms with Crippen molar-refractivity contribution in [3.63, 3.8) is 0 Å². The zero-order valence-corrected chi connectivity index (χ0v) is 12.9. The molecule has 1 aromatic carbocycles. The molecule has 2 aromatic heterocycles. The highest BCUT2D eigenvalue weighted by atomic mass is 16.5. The zero-order chi connectivity index (χ0) is 15.9. The molecule has 5 nitrogen and oxygen atoms in total. The summed E-state index contributed by atoms with van der Waals surface area (Å²) in [5.41, 5.74) is 11.5. The normalized spacial score (nSPS) is 11.1. The maximum absolute atomic E-state index is 9.26. The lowest BCUT2D eigenvalue weighted by molar-refractivity contribution is 0.282. The molecule has 3 N–H and O–H groups in total. The third-order valence-electron chi connectivity index (χ3n) is 3.79. The summed E-state index contributed by atoms with van der Waals surface area (Å²) in [6.45, 7) is 4.02. The number of pyridine rings is 1. The third kappa shape index (κ3) is 2.19. The molecule has 0 saturated carbocycles. The predicted octanol–water partition coefficient (Wildman–Crippen LogP) is 2.70. The summed E-state index contributed by atoms with van der Waals surface area (Å²) in [4.78, 5) is 4.63. The van der Waals surface area contributed by atoms with E-state index in [1.165, 1.54) is 0 Å². The standard InChI is InChI=1S/C17H19N3O2/c1-10-6-11(2)16(22-3)13(7-10)15-17(18)20-5-4-12(9-21)8-14(20)19-15/h4-8,21H,9,18H2,1-3H3. The molecule has 0 aliphatic heterocycles. The molecule has 3 rings (SSSR count). The molecular weight excluding hydrogens is 278 g/mol. The molecule has 2 heterocycles. The van der Waals surface area contributed by atoms with Gasteiger partial charge in [0.05, 0.1) is 13.7 Å². The van der Waals surface area contributed by atoms with Crippen LogP contribution in [0.2, 0.25) is 0 Å². The van der Waals surface area contributed by atoms with Crippen LogP contribution in [0.25, 0.3) is 16.9 Å². The summed E-state index contributed by atoms with van der Waals surface area (Å²) in [6.07, 6.45) is 1.82. The number of aromatic nitrogens is 2. The zero-order valence-electron chi connectivity index (χ0n) is 12.9. The van der Waals surface area contributed by atoms with Crippen LogP contribution in [0.1, 0.15) is 16.7 Å². The fraction of sp³-hybridized carbons (Fsp3) is 0.235. The Kier molecular flexibility index (Phi) is 3.50. The van der Waals surface area contributed by atoms with Crippen LogP contribution >= 0.6 is 0 Å². The van der Waals surface area contributed by atoms with Gasteiger partial charge in [-0.2, -0.15) is 0 Å². The minimum atomic E-state index is -0.0223. The highest BCUT2D eigenvalue weighted by Crippen LogP contribution is 2.36. The average Bonchev–Trinajstić information content (AvgIpc) is 2.83. The highest BCUT2D eigenvalue weighted by molar-refractivity contribution is 5.80. The second-order valence-electron chi connectivity index (χ2n) is 5.43. The topological polar surface area (TPSA) is 72.8 Å². The number of nitrogens with two attached hydrogens (primary N) is 1. The molecule has 0 radical (unpaired) electrons. The number of anilines is 1. The summed E-state index contributed by atoms with van der Waals surface area (Å²) in [6, 6.07) is 7.75. The van der Waals surface area contributed by atoms with Gasteiger partial charge in [0.25, 0.3) is 0 Å². The van der Waals surface area contributed by atoms with Gasteiger partial charge in [0, 0.05) is 11.8 Å². The van der Waals surface area contributed by atoms with E-state index in [-0.39, 0.29) is 6.61 Å². The minimum Gasteiger partial charge on any atom is -0.496 e. The third-order valence-corrected chi connectivity index (χ3v) is 3.79. The Morgan fingerprint density at radius 3 is 2.73 bits per heavy atom. The first-order valence-electron chi connectivity index (χ1n) is 7.08. The van der Waals surface area contributed by atoms with Crippen LogP contribution in [0.4, 0.5) is 5.82 Å². The van der Waals surface area contributed by atoms with Crippen LogP contribution < -0.4 is 10.5 Å². The number of nitrogens with zero attached hydrogens (tertiary/aromatic N) is 2. The number of benzene rings is 1. The molecular formula is C17H19N3O2. The van der Waals surface area contributed by atoms with Crippen molar-refractivity contribution in [1.82, 2.24) is 9.38 Å². The SMILES string of the molecule is COc1c(C)cc(C)cc1-c1nc2cc(CO)ccn2c1N. The first-order valence-corrected chi connectivity index (χ1v) is 7.08. The number of aryl methyl sites for hydroxylation is 2. The quantitative estimate of drug-likeness (QED) is 0.779. The number of nitrogen functional groups attached to an aromatic ring is 1. The van der Waals surface area contributed by atoms with Crippen molar-refractivity contribution in [2.45, 2.75) is 20.5 Å². The molecule has 0 aliphatic rings. The molecule has 0 fully saturated rings. The lowest BCUT2D eigenvalue weighted by Gasteiger charge is -2.11. The van der Waals surface area contributed by atoms with Crippen molar-refractivity contribution in [3.8, 4) is 17.0 Å². The van der Waals surface area contributed by atoms with E-state index in [2.05, 4.69) is 11.1 Å². The molecule has 22 heavy (non-hydrogen) atoms. The Bertz CT molecular complexity index is 853. The summed E-state index contributed by atoms with van der Waals surface area (Å²) in [7, 11) is 1.65. The molecule has 0 amide bonds. The van der Waals surface area contributed by atoms with E-state index in [0.717, 1.165) is 28.0 Å². The van der Waals surface area contributed by atoms with Crippen molar-refractivity contribution in [2.24, 2.45) is 0 Å². The number of ether oxygens (including phenoxy) is 1. The van der Waals surface area contributed by atoms with Crippen molar-refractivity contribution in [1.29, 1.82) is 0 Å². The van der Waals surface area contributed by atoms with Gasteiger partial charge in [-0.25, -0.2) is 4.98 Å². The smallest absolute Gasteiger partial charge is 0.139 e. The first kappa shape index (κ1) is 14.4. The van der Waals surface area contributed by atoms with E-state index in [9.17, 15) is 5.11 Å². The first-order chi connectivity index (χ1) is 10.5. The minimum absolute atomic E-state index is 0.0223. The van der Waals surface area contributed by atoms with E-state index in [0.29, 0.717) is 17.2 Å². The van der Waals surface area contributed by atoms with E-state index in [1.807, 2.05) is 42.6 Å². The Labute approximate surface area is 129 Å². The van der Waals surface area contributed by atoms with Crippen molar-refractivity contribution in [3.05, 3.63) is 47.2 Å². The fourth-order valence-corrected chi connectivity index (χ4v) is 2.80. The van der Waals surface area contributed by atoms with Crippen LogP contribution in [0.5, 0.6) is 5.75 Å². The van der Waals surface area contributed by atoms with Gasteiger partial charge in [-0.15, -0.1) is 0 Å². The number of imidazole rings is 1. The number of methoxy groups -OCH3 is 1. The Balaban J connectivity index is 2.29. The van der Waals surface area contributed by atoms with Crippen LogP contribution in [0, 0.1) is 13.8 Å². The van der Waals surface area contributed by atoms with Crippen molar-refractivity contribution in [2.75, 3.05) is 12.8 Å². The molecule has 0 bridgehead atoms. The van der Waals surface area contributed by atoms with E-state index >= 15 is 0 Å². The molecule has 0 aliphatic carbocycles. The number of hydrogen-bond donors (Lipinski definition) is 2. The van der Waals surface area contributed by atoms with Crippen LogP contribution in [-0.4, -0.2) is 21.6 Å². The number of hydrogen-bond acceptors (Lipinski definition) is 4. The lowest BCUT2D eigenvalue weighted by Crippen LogP contribution is -1.97. The second-order valence-corrected chi connectivity index (χ2v) is 5.43. The summed E-state index contributed by atoms with van der Waals surface area (Å²) in [5.74, 6) is 1.34. The largest absolute Gasteiger partial charge is 0.496 e. The van der Waals surface area contributed by atoms with Gasteiger partial charge in [-0.1, -0.05) is 6.07 Å². The van der Waals surface area contributed by atoms with Gasteiger partial charge >= 0.3 is 0 Å². The van der Waals surface area contributed by atoms with Gasteiger partial charge in [-0.05, 0) is 48.7 Å². The second kappa shape index (κ2) is 5.35. The van der Waals surface area contributed by atoms with E-state index in [1.54, 1.807) is 7.11 Å². The van der Waals surface area contributed by atoms with Gasteiger partial charge in [-0.3, -0.25) is 4.40 Å². The Morgan fingerprint density at radius 1 is 1.27 bits per heavy atom. The molecule has 3 aromatic rings. The van der Waals surface area contributed by atoms with Crippen molar-refractivity contribution >= 4 is 11.5 Å². The molecule has 5 heteroatoms. The van der Waals surface area contributed by atoms with Gasteiger partial charge in [0.2, 0.25) is 0 Å². The Hall–Kier alpha value is -2.53. The van der Waals surface area contributed by atoms with Gasteiger partial charge in [0.1, 0.15) is 22.9 Å². The lowest BCUT2D eigenvalue weighted by atomic mass is 10.0. The molecule has 0 saturated heterocycles. The van der Waals surface area contributed by atoms with Gasteiger partial charge < -0.3 is 15.6 Å². The molecule has 0 unspecified atom stereocenters. The molecule has 0 spiro atoms. The number of aliphatic hydroxyl groups excluding tert-OH is 1. The summed E-state index contributed by atoms with van der Waals surface area (Å²) >= 11 is 0. The van der Waals surface area contributed by atoms with Crippen LogP contribution in [0.3, 0.4) is 0 Å². The van der Waals surface area contributed by atoms with E-state index < -0.39 is 0 Å². The van der Waals surface area contributed by atoms with Crippen LogP contribution in [0.15, 0.2) is 30.5 Å². The van der Waals surface area contributed by atoms with Crippen LogP contribution in [-0.2, 0) is 6.61 Å². The highest BCUT2D eigenvalue weighted by Gasteiger charge is 2.17. The average molecular weight is 297 g/mol. The van der Waals surface area contributed by atoms with Gasteiger partial charge in [0.15, 0.2) is 0 Å².